The summed E-state index contributed by atoms with van der Waals surface area (Å²) in [5, 5.41) is 7.13. The smallest absolute Gasteiger partial charge is 0.161 e. The quantitative estimate of drug-likeness (QED) is 0.194. The van der Waals surface area contributed by atoms with E-state index in [-0.39, 0.29) is 23.3 Å². The summed E-state index contributed by atoms with van der Waals surface area (Å²) < 4.78 is 45.6. The number of hydrogen-bond acceptors (Lipinski definition) is 2. The first-order valence-corrected chi connectivity index (χ1v) is 16.3. The number of hydrogen-bond donors (Lipinski definition) is 0. The van der Waals surface area contributed by atoms with Crippen LogP contribution in [0.25, 0.3) is 93.7 Å². The Morgan fingerprint density at radius 3 is 2.00 bits per heavy atom. The first-order valence-electron chi connectivity index (χ1n) is 18.8. The van der Waals surface area contributed by atoms with Gasteiger partial charge in [-0.3, -0.25) is 0 Å². The molecule has 49 heavy (non-hydrogen) atoms. The van der Waals surface area contributed by atoms with E-state index in [9.17, 15) is 0 Å². The zero-order valence-electron chi connectivity index (χ0n) is 31.2. The standard InChI is InChI=1S/C46H29N3/c1-3-13-30(14-4-1)34-23-24-42-41(27-34)45(31-15-5-2-6-16-31)48-46(47-42)40-29-36(25-35-19-9-10-20-37(35)40)49-43-22-12-11-21-38(43)39-26-32-17-7-8-18-33(32)28-44(39)49/h1-29H/i2D,5D,6D,15D,16D. The molecule has 8 aromatic carbocycles. The number of fused-ring (bicyclic) bond motifs is 6. The summed E-state index contributed by atoms with van der Waals surface area (Å²) in [5.41, 5.74) is 6.62. The van der Waals surface area contributed by atoms with Crippen LogP contribution in [-0.2, 0) is 0 Å². The average molecular weight is 629 g/mol. The molecule has 3 nitrogen and oxygen atoms in total. The second kappa shape index (κ2) is 11.0. The molecule has 0 atom stereocenters. The Hall–Kier alpha value is -6.58. The molecule has 0 saturated carbocycles. The van der Waals surface area contributed by atoms with Crippen LogP contribution in [-0.4, -0.2) is 14.5 Å². The highest BCUT2D eigenvalue weighted by Crippen LogP contribution is 2.39. The molecular formula is C46H29N3. The molecule has 0 radical (unpaired) electrons. The summed E-state index contributed by atoms with van der Waals surface area (Å²) in [6.45, 7) is 0. The van der Waals surface area contributed by atoms with Crippen LogP contribution in [0.3, 0.4) is 0 Å². The lowest BCUT2D eigenvalue weighted by molar-refractivity contribution is 1.18. The van der Waals surface area contributed by atoms with Gasteiger partial charge < -0.3 is 4.57 Å². The summed E-state index contributed by atoms with van der Waals surface area (Å²) in [5.74, 6) is 0.390. The molecular weight excluding hydrogens is 595 g/mol. The van der Waals surface area contributed by atoms with Crippen molar-refractivity contribution in [3.63, 3.8) is 0 Å². The molecule has 0 aliphatic rings. The lowest BCUT2D eigenvalue weighted by atomic mass is 9.99. The third-order valence-electron chi connectivity index (χ3n) is 9.43. The van der Waals surface area contributed by atoms with Gasteiger partial charge in [-0.05, 0) is 75.1 Å². The summed E-state index contributed by atoms with van der Waals surface area (Å²) >= 11 is 0. The van der Waals surface area contributed by atoms with Gasteiger partial charge in [0.25, 0.3) is 0 Å². The maximum Gasteiger partial charge on any atom is 0.161 e. The molecule has 0 saturated heterocycles. The first kappa shape index (κ1) is 22.9. The largest absolute Gasteiger partial charge is 0.309 e. The maximum absolute atomic E-state index is 8.98. The number of nitrogens with zero attached hydrogens (tertiary/aromatic N) is 3. The van der Waals surface area contributed by atoms with Crippen LogP contribution in [0, 0.1) is 0 Å². The van der Waals surface area contributed by atoms with Crippen LogP contribution in [0.15, 0.2) is 176 Å². The van der Waals surface area contributed by atoms with Crippen LogP contribution in [0.5, 0.6) is 0 Å². The van der Waals surface area contributed by atoms with Gasteiger partial charge in [-0.2, -0.15) is 0 Å². The van der Waals surface area contributed by atoms with E-state index in [1.165, 1.54) is 5.39 Å². The van der Waals surface area contributed by atoms with Gasteiger partial charge >= 0.3 is 0 Å². The van der Waals surface area contributed by atoms with Crippen LogP contribution >= 0.6 is 0 Å². The fraction of sp³-hybridized carbons (Fsp3) is 0. The van der Waals surface area contributed by atoms with Crippen LogP contribution in [0.1, 0.15) is 6.85 Å². The van der Waals surface area contributed by atoms with Crippen molar-refractivity contribution in [3.05, 3.63) is 176 Å². The molecule has 0 amide bonds. The fourth-order valence-corrected chi connectivity index (χ4v) is 7.16. The Bertz CT molecular complexity index is 3140. The Balaban J connectivity index is 1.29. The van der Waals surface area contributed by atoms with Crippen LogP contribution in [0.4, 0.5) is 0 Å². The van der Waals surface area contributed by atoms with Gasteiger partial charge in [-0.25, -0.2) is 9.97 Å². The first-order chi connectivity index (χ1) is 26.4. The highest BCUT2D eigenvalue weighted by molar-refractivity contribution is 6.14. The van der Waals surface area contributed by atoms with E-state index in [0.717, 1.165) is 60.3 Å². The fourth-order valence-electron chi connectivity index (χ4n) is 7.16. The molecule has 0 bridgehead atoms. The highest BCUT2D eigenvalue weighted by atomic mass is 15.0. The third kappa shape index (κ3) is 4.51. The Morgan fingerprint density at radius 1 is 0.449 bits per heavy atom. The zero-order valence-corrected chi connectivity index (χ0v) is 26.2. The number of rotatable bonds is 4. The minimum absolute atomic E-state index is 0.0367. The van der Waals surface area contributed by atoms with Crippen molar-refractivity contribution in [2.75, 3.05) is 0 Å². The minimum atomic E-state index is -0.449. The molecule has 0 spiro atoms. The van der Waals surface area contributed by atoms with Crippen molar-refractivity contribution < 1.29 is 6.85 Å². The molecule has 0 aliphatic carbocycles. The predicted molar refractivity (Wildman–Crippen MR) is 205 cm³/mol. The summed E-state index contributed by atoms with van der Waals surface area (Å²) in [4.78, 5) is 10.3. The van der Waals surface area contributed by atoms with Crippen LogP contribution in [0.2, 0.25) is 0 Å². The highest BCUT2D eigenvalue weighted by Gasteiger charge is 2.18. The van der Waals surface area contributed by atoms with E-state index in [0.29, 0.717) is 16.7 Å². The van der Waals surface area contributed by atoms with E-state index in [1.807, 2.05) is 66.7 Å². The summed E-state index contributed by atoms with van der Waals surface area (Å²) in [6.07, 6.45) is 0. The summed E-state index contributed by atoms with van der Waals surface area (Å²) in [7, 11) is 0. The van der Waals surface area contributed by atoms with Gasteiger partial charge in [0, 0.05) is 33.0 Å². The molecule has 2 aromatic heterocycles. The van der Waals surface area contributed by atoms with Crippen molar-refractivity contribution in [2.24, 2.45) is 0 Å². The van der Waals surface area contributed by atoms with E-state index in [1.54, 1.807) is 0 Å². The van der Waals surface area contributed by atoms with E-state index in [4.69, 9.17) is 16.8 Å². The average Bonchev–Trinajstić information content (AvgIpc) is 3.54. The zero-order chi connectivity index (χ0) is 36.7. The van der Waals surface area contributed by atoms with Crippen molar-refractivity contribution in [3.8, 4) is 39.5 Å². The molecule has 3 heteroatoms. The molecule has 0 unspecified atom stereocenters. The lowest BCUT2D eigenvalue weighted by Gasteiger charge is -2.15. The second-order valence-electron chi connectivity index (χ2n) is 12.3. The van der Waals surface area contributed by atoms with E-state index < -0.39 is 18.1 Å². The Kier molecular flexibility index (Phi) is 5.13. The Labute approximate surface area is 290 Å². The number of para-hydroxylation sites is 1. The van der Waals surface area contributed by atoms with Crippen molar-refractivity contribution in [1.82, 2.24) is 14.5 Å². The second-order valence-corrected chi connectivity index (χ2v) is 12.3. The molecule has 0 fully saturated rings. The minimum Gasteiger partial charge on any atom is -0.309 e. The lowest BCUT2D eigenvalue weighted by Crippen LogP contribution is -1.99. The molecule has 228 valence electrons. The topological polar surface area (TPSA) is 30.7 Å². The molecule has 2 heterocycles. The normalized spacial score (nSPS) is 13.1. The molecule has 0 N–H and O–H groups in total. The van der Waals surface area contributed by atoms with Gasteiger partial charge in [-0.15, -0.1) is 0 Å². The van der Waals surface area contributed by atoms with Crippen LogP contribution < -0.4 is 0 Å². The van der Waals surface area contributed by atoms with Gasteiger partial charge in [0.05, 0.1) is 29.1 Å². The van der Waals surface area contributed by atoms with Crippen molar-refractivity contribution >= 4 is 54.3 Å². The number of aromatic nitrogens is 3. The SMILES string of the molecule is [2H]c1c([2H])c([2H])c(-c2nc(-c3cc(-n4c5ccccc5c5cc6ccccc6cc54)cc4ccccc34)nc3ccc(-c4ccccc4)cc23)c([2H])c1[2H]. The summed E-state index contributed by atoms with van der Waals surface area (Å²) in [6, 6.07) is 47.6. The molecule has 0 aliphatic heterocycles. The monoisotopic (exact) mass is 628 g/mol. The number of benzene rings is 8. The van der Waals surface area contributed by atoms with E-state index >= 15 is 0 Å². The van der Waals surface area contributed by atoms with Gasteiger partial charge in [0.15, 0.2) is 5.82 Å². The Morgan fingerprint density at radius 2 is 1.16 bits per heavy atom. The maximum atomic E-state index is 8.98. The molecule has 10 aromatic rings. The van der Waals surface area contributed by atoms with Gasteiger partial charge in [0.1, 0.15) is 0 Å². The molecule has 10 rings (SSSR count). The van der Waals surface area contributed by atoms with Crippen molar-refractivity contribution in [1.29, 1.82) is 0 Å². The van der Waals surface area contributed by atoms with Crippen molar-refractivity contribution in [2.45, 2.75) is 0 Å². The van der Waals surface area contributed by atoms with Gasteiger partial charge in [-0.1, -0.05) is 133 Å². The third-order valence-corrected chi connectivity index (χ3v) is 9.43. The van der Waals surface area contributed by atoms with Gasteiger partial charge in [0.2, 0.25) is 0 Å². The van der Waals surface area contributed by atoms with E-state index in [2.05, 4.69) is 83.4 Å². The predicted octanol–water partition coefficient (Wildman–Crippen LogP) is 12.0.